The van der Waals surface area contributed by atoms with Crippen LogP contribution in [0.1, 0.15) is 31.8 Å². The van der Waals surface area contributed by atoms with Crippen LogP contribution in [0, 0.1) is 6.92 Å². The standard InChI is InChI=1S/C16H13F3N2O2/c1-10-2-4-11(5-3-10)14(22)20-21-15(23)12-6-8-13(9-7-12)16(17,18)19/h2-9H,1H3,(H,20,22)(H,21,23). The van der Waals surface area contributed by atoms with Crippen molar-refractivity contribution in [1.29, 1.82) is 0 Å². The summed E-state index contributed by atoms with van der Waals surface area (Å²) in [5.41, 5.74) is 4.84. The second kappa shape index (κ2) is 6.51. The number of hydrogen-bond acceptors (Lipinski definition) is 2. The van der Waals surface area contributed by atoms with Crippen LogP contribution in [0.15, 0.2) is 48.5 Å². The third-order valence-electron chi connectivity index (χ3n) is 3.08. The quantitative estimate of drug-likeness (QED) is 0.835. The molecule has 0 saturated heterocycles. The highest BCUT2D eigenvalue weighted by atomic mass is 19.4. The Morgan fingerprint density at radius 1 is 0.783 bits per heavy atom. The normalized spacial score (nSPS) is 11.0. The molecule has 2 rings (SSSR count). The van der Waals surface area contributed by atoms with Gasteiger partial charge in [-0.2, -0.15) is 13.2 Å². The predicted molar refractivity (Wildman–Crippen MR) is 77.6 cm³/mol. The Morgan fingerprint density at radius 3 is 1.57 bits per heavy atom. The largest absolute Gasteiger partial charge is 0.416 e. The number of alkyl halides is 3. The van der Waals surface area contributed by atoms with Crippen molar-refractivity contribution in [1.82, 2.24) is 10.9 Å². The lowest BCUT2D eigenvalue weighted by Gasteiger charge is -2.09. The van der Waals surface area contributed by atoms with Crippen LogP contribution in [0.5, 0.6) is 0 Å². The number of carbonyl (C=O) groups is 2. The monoisotopic (exact) mass is 322 g/mol. The van der Waals surface area contributed by atoms with E-state index in [0.717, 1.165) is 29.8 Å². The summed E-state index contributed by atoms with van der Waals surface area (Å²) in [4.78, 5) is 23.6. The van der Waals surface area contributed by atoms with E-state index in [1.807, 2.05) is 6.92 Å². The lowest BCUT2D eigenvalue weighted by atomic mass is 10.1. The van der Waals surface area contributed by atoms with E-state index < -0.39 is 23.6 Å². The van der Waals surface area contributed by atoms with E-state index in [1.165, 1.54) is 0 Å². The van der Waals surface area contributed by atoms with Gasteiger partial charge in [0.15, 0.2) is 0 Å². The van der Waals surface area contributed by atoms with Gasteiger partial charge in [0.25, 0.3) is 11.8 Å². The Balaban J connectivity index is 1.97. The van der Waals surface area contributed by atoms with Crippen LogP contribution in [-0.2, 0) is 6.18 Å². The van der Waals surface area contributed by atoms with Crippen LogP contribution in [0.2, 0.25) is 0 Å². The first-order chi connectivity index (χ1) is 10.8. The number of hydrogen-bond donors (Lipinski definition) is 2. The number of hydrazine groups is 1. The Kier molecular flexibility index (Phi) is 4.68. The molecule has 7 heteroatoms. The molecule has 0 aromatic heterocycles. The molecular formula is C16H13F3N2O2. The number of halogens is 3. The number of benzene rings is 2. The molecule has 0 fully saturated rings. The highest BCUT2D eigenvalue weighted by Gasteiger charge is 2.30. The van der Waals surface area contributed by atoms with E-state index in [-0.39, 0.29) is 5.56 Å². The zero-order valence-corrected chi connectivity index (χ0v) is 12.1. The highest BCUT2D eigenvalue weighted by molar-refractivity contribution is 5.99. The molecule has 0 aliphatic heterocycles. The van der Waals surface area contributed by atoms with Gasteiger partial charge in [0.2, 0.25) is 0 Å². The summed E-state index contributed by atoms with van der Waals surface area (Å²) in [7, 11) is 0. The second-order valence-corrected chi connectivity index (χ2v) is 4.85. The van der Waals surface area contributed by atoms with E-state index in [0.29, 0.717) is 5.56 Å². The molecule has 0 unspecified atom stereocenters. The number of rotatable bonds is 2. The Morgan fingerprint density at radius 2 is 1.17 bits per heavy atom. The zero-order valence-electron chi connectivity index (χ0n) is 12.1. The predicted octanol–water partition coefficient (Wildman–Crippen LogP) is 3.09. The minimum Gasteiger partial charge on any atom is -0.267 e. The van der Waals surface area contributed by atoms with Gasteiger partial charge in [-0.15, -0.1) is 0 Å². The van der Waals surface area contributed by atoms with E-state index in [2.05, 4.69) is 10.9 Å². The average molecular weight is 322 g/mol. The lowest BCUT2D eigenvalue weighted by molar-refractivity contribution is -0.137. The SMILES string of the molecule is Cc1ccc(C(=O)NNC(=O)c2ccc(C(F)(F)F)cc2)cc1. The number of amides is 2. The zero-order chi connectivity index (χ0) is 17.0. The maximum Gasteiger partial charge on any atom is 0.416 e. The molecule has 4 nitrogen and oxygen atoms in total. The van der Waals surface area contributed by atoms with Crippen LogP contribution >= 0.6 is 0 Å². The van der Waals surface area contributed by atoms with Gasteiger partial charge >= 0.3 is 6.18 Å². The Bertz CT molecular complexity index is 708. The van der Waals surface area contributed by atoms with Gasteiger partial charge in [-0.1, -0.05) is 17.7 Å². The fourth-order valence-corrected chi connectivity index (χ4v) is 1.77. The van der Waals surface area contributed by atoms with E-state index in [4.69, 9.17) is 0 Å². The first-order valence-corrected chi connectivity index (χ1v) is 6.62. The smallest absolute Gasteiger partial charge is 0.267 e. The molecule has 0 radical (unpaired) electrons. The van der Waals surface area contributed by atoms with Gasteiger partial charge in [0, 0.05) is 11.1 Å². The molecule has 0 heterocycles. The lowest BCUT2D eigenvalue weighted by Crippen LogP contribution is -2.41. The summed E-state index contributed by atoms with van der Waals surface area (Å²) in [6, 6.07) is 10.4. The van der Waals surface area contributed by atoms with Gasteiger partial charge in [0.1, 0.15) is 0 Å². The van der Waals surface area contributed by atoms with Crippen molar-refractivity contribution in [3.05, 3.63) is 70.8 Å². The first-order valence-electron chi connectivity index (χ1n) is 6.62. The van der Waals surface area contributed by atoms with Crippen molar-refractivity contribution in [3.8, 4) is 0 Å². The molecule has 0 aliphatic rings. The van der Waals surface area contributed by atoms with E-state index >= 15 is 0 Å². The Labute approximate surface area is 130 Å². The number of carbonyl (C=O) groups excluding carboxylic acids is 2. The van der Waals surface area contributed by atoms with Crippen molar-refractivity contribution in [2.75, 3.05) is 0 Å². The molecule has 23 heavy (non-hydrogen) atoms. The first kappa shape index (κ1) is 16.5. The van der Waals surface area contributed by atoms with Crippen molar-refractivity contribution in [3.63, 3.8) is 0 Å². The second-order valence-electron chi connectivity index (χ2n) is 4.85. The van der Waals surface area contributed by atoms with Gasteiger partial charge in [-0.3, -0.25) is 20.4 Å². The molecule has 0 atom stereocenters. The topological polar surface area (TPSA) is 58.2 Å². The maximum absolute atomic E-state index is 12.4. The third kappa shape index (κ3) is 4.32. The third-order valence-corrected chi connectivity index (χ3v) is 3.08. The molecule has 0 saturated carbocycles. The van der Waals surface area contributed by atoms with Gasteiger partial charge in [-0.25, -0.2) is 0 Å². The van der Waals surface area contributed by atoms with Gasteiger partial charge in [-0.05, 0) is 43.3 Å². The molecule has 2 N–H and O–H groups in total. The summed E-state index contributed by atoms with van der Waals surface area (Å²) in [6.45, 7) is 1.87. The van der Waals surface area contributed by atoms with E-state index in [1.54, 1.807) is 24.3 Å². The minimum absolute atomic E-state index is 0.00204. The van der Waals surface area contributed by atoms with E-state index in [9.17, 15) is 22.8 Å². The van der Waals surface area contributed by atoms with Crippen LogP contribution in [-0.4, -0.2) is 11.8 Å². The van der Waals surface area contributed by atoms with Crippen molar-refractivity contribution in [2.24, 2.45) is 0 Å². The molecule has 0 bridgehead atoms. The average Bonchev–Trinajstić information content (AvgIpc) is 2.52. The minimum atomic E-state index is -4.46. The fourth-order valence-electron chi connectivity index (χ4n) is 1.77. The maximum atomic E-state index is 12.4. The van der Waals surface area contributed by atoms with Crippen LogP contribution in [0.3, 0.4) is 0 Å². The Hall–Kier alpha value is -2.83. The summed E-state index contributed by atoms with van der Waals surface area (Å²) >= 11 is 0. The highest BCUT2D eigenvalue weighted by Crippen LogP contribution is 2.28. The van der Waals surface area contributed by atoms with Gasteiger partial charge in [0.05, 0.1) is 5.56 Å². The molecule has 2 aromatic carbocycles. The molecular weight excluding hydrogens is 309 g/mol. The molecule has 2 aromatic rings. The van der Waals surface area contributed by atoms with Crippen molar-refractivity contribution >= 4 is 11.8 Å². The van der Waals surface area contributed by atoms with Crippen molar-refractivity contribution in [2.45, 2.75) is 13.1 Å². The summed E-state index contributed by atoms with van der Waals surface area (Å²) < 4.78 is 37.3. The summed E-state index contributed by atoms with van der Waals surface area (Å²) in [5, 5.41) is 0. The molecule has 2 amide bonds. The van der Waals surface area contributed by atoms with Crippen LogP contribution < -0.4 is 10.9 Å². The molecule has 0 aliphatic carbocycles. The van der Waals surface area contributed by atoms with Gasteiger partial charge < -0.3 is 0 Å². The molecule has 0 spiro atoms. The van der Waals surface area contributed by atoms with Crippen LogP contribution in [0.25, 0.3) is 0 Å². The number of aryl methyl sites for hydroxylation is 1. The van der Waals surface area contributed by atoms with Crippen LogP contribution in [0.4, 0.5) is 13.2 Å². The summed E-state index contributed by atoms with van der Waals surface area (Å²) in [6.07, 6.45) is -4.46. The number of nitrogens with one attached hydrogen (secondary N) is 2. The van der Waals surface area contributed by atoms with Crippen molar-refractivity contribution < 1.29 is 22.8 Å². The fraction of sp³-hybridized carbons (Fsp3) is 0.125. The summed E-state index contributed by atoms with van der Waals surface area (Å²) in [5.74, 6) is -1.23. The molecule has 120 valence electrons.